The summed E-state index contributed by atoms with van der Waals surface area (Å²) in [7, 11) is 0. The van der Waals surface area contributed by atoms with Crippen LogP contribution in [0.2, 0.25) is 0 Å². The average molecular weight is 441 g/mol. The number of nitrogens with zero attached hydrogens (tertiary/aromatic N) is 5. The van der Waals surface area contributed by atoms with Gasteiger partial charge in [-0.3, -0.25) is 9.48 Å². The van der Waals surface area contributed by atoms with E-state index in [1.165, 1.54) is 18.5 Å². The lowest BCUT2D eigenvalue weighted by Gasteiger charge is -2.02. The van der Waals surface area contributed by atoms with Gasteiger partial charge in [-0.1, -0.05) is 25.1 Å². The summed E-state index contributed by atoms with van der Waals surface area (Å²) < 4.78 is 21.2. The van der Waals surface area contributed by atoms with Crippen LogP contribution in [-0.2, 0) is 11.3 Å². The van der Waals surface area contributed by atoms with Gasteiger partial charge in [0, 0.05) is 42.3 Å². The third kappa shape index (κ3) is 4.15. The Morgan fingerprint density at radius 1 is 1.00 bits per heavy atom. The van der Waals surface area contributed by atoms with Crippen molar-refractivity contribution < 1.29 is 13.6 Å². The van der Waals surface area contributed by atoms with Gasteiger partial charge in [-0.05, 0) is 36.4 Å². The minimum atomic E-state index is -0.332. The van der Waals surface area contributed by atoms with Crippen molar-refractivity contribution in [3.63, 3.8) is 0 Å². The molecule has 5 rings (SSSR count). The van der Waals surface area contributed by atoms with Crippen LogP contribution in [-0.4, -0.2) is 30.5 Å². The number of carbonyl (C=O) groups is 1. The maximum absolute atomic E-state index is 13.5. The first-order valence-corrected chi connectivity index (χ1v) is 10.6. The molecule has 0 aliphatic carbocycles. The van der Waals surface area contributed by atoms with Crippen molar-refractivity contribution >= 4 is 17.0 Å². The standard InChI is InChI=1S/C25H20FN5O2/c1-2-19(32)12-13-31-14-20(21(30-31)16-8-10-18(26)11-9-16)22-23-25(28-15-27-22)33-24(29-23)17-6-4-3-5-7-17/h3-11,14-15H,2,12-13H2,1H3. The summed E-state index contributed by atoms with van der Waals surface area (Å²) in [6.45, 7) is 2.27. The zero-order chi connectivity index (χ0) is 22.8. The molecule has 3 heterocycles. The van der Waals surface area contributed by atoms with Crippen LogP contribution in [0.3, 0.4) is 0 Å². The Bertz CT molecular complexity index is 1420. The number of aryl methyl sites for hydroxylation is 1. The smallest absolute Gasteiger partial charge is 0.251 e. The van der Waals surface area contributed by atoms with Gasteiger partial charge in [0.05, 0.1) is 0 Å². The third-order valence-electron chi connectivity index (χ3n) is 5.36. The first kappa shape index (κ1) is 20.7. The molecule has 0 bridgehead atoms. The number of Topliss-reactive ketones (excluding diaryl/α,β-unsaturated/α-hetero) is 1. The lowest BCUT2D eigenvalue weighted by atomic mass is 10.1. The van der Waals surface area contributed by atoms with E-state index in [0.29, 0.717) is 53.5 Å². The fourth-order valence-corrected chi connectivity index (χ4v) is 3.60. The maximum Gasteiger partial charge on any atom is 0.251 e. The van der Waals surface area contributed by atoms with Crippen LogP contribution in [0.25, 0.3) is 45.2 Å². The van der Waals surface area contributed by atoms with Crippen molar-refractivity contribution in [2.45, 2.75) is 26.3 Å². The largest absolute Gasteiger partial charge is 0.418 e. The van der Waals surface area contributed by atoms with Crippen molar-refractivity contribution in [1.82, 2.24) is 24.7 Å². The molecule has 0 spiro atoms. The number of ketones is 1. The monoisotopic (exact) mass is 441 g/mol. The van der Waals surface area contributed by atoms with E-state index < -0.39 is 0 Å². The molecular formula is C25H20FN5O2. The molecule has 0 aliphatic rings. The van der Waals surface area contributed by atoms with E-state index >= 15 is 0 Å². The second kappa shape index (κ2) is 8.74. The molecule has 2 aromatic carbocycles. The highest BCUT2D eigenvalue weighted by Crippen LogP contribution is 2.35. The molecule has 33 heavy (non-hydrogen) atoms. The van der Waals surface area contributed by atoms with Crippen molar-refractivity contribution in [1.29, 1.82) is 0 Å². The van der Waals surface area contributed by atoms with Gasteiger partial charge in [-0.25, -0.2) is 14.4 Å². The van der Waals surface area contributed by atoms with Gasteiger partial charge in [0.15, 0.2) is 5.52 Å². The van der Waals surface area contributed by atoms with Gasteiger partial charge < -0.3 is 4.42 Å². The summed E-state index contributed by atoms with van der Waals surface area (Å²) in [5.41, 5.74) is 4.29. The summed E-state index contributed by atoms with van der Waals surface area (Å²) in [6.07, 6.45) is 4.11. The molecular weight excluding hydrogens is 421 g/mol. The zero-order valence-electron chi connectivity index (χ0n) is 17.9. The highest BCUT2D eigenvalue weighted by atomic mass is 19.1. The topological polar surface area (TPSA) is 86.7 Å². The molecule has 0 amide bonds. The van der Waals surface area contributed by atoms with Crippen LogP contribution >= 0.6 is 0 Å². The van der Waals surface area contributed by atoms with Crippen LogP contribution in [0.15, 0.2) is 71.5 Å². The maximum atomic E-state index is 13.5. The lowest BCUT2D eigenvalue weighted by Crippen LogP contribution is -2.05. The van der Waals surface area contributed by atoms with Crippen molar-refractivity contribution in [2.75, 3.05) is 0 Å². The van der Waals surface area contributed by atoms with E-state index in [2.05, 4.69) is 20.1 Å². The van der Waals surface area contributed by atoms with E-state index in [9.17, 15) is 9.18 Å². The molecule has 0 atom stereocenters. The van der Waals surface area contributed by atoms with Gasteiger partial charge in [0.2, 0.25) is 5.89 Å². The number of benzene rings is 2. The van der Waals surface area contributed by atoms with Crippen LogP contribution in [0.1, 0.15) is 19.8 Å². The number of hydrogen-bond acceptors (Lipinski definition) is 6. The summed E-state index contributed by atoms with van der Waals surface area (Å²) >= 11 is 0. The van der Waals surface area contributed by atoms with Crippen LogP contribution < -0.4 is 0 Å². The number of aromatic nitrogens is 5. The third-order valence-corrected chi connectivity index (χ3v) is 5.36. The van der Waals surface area contributed by atoms with Crippen molar-refractivity contribution in [3.8, 4) is 34.0 Å². The first-order valence-electron chi connectivity index (χ1n) is 10.6. The molecule has 164 valence electrons. The average Bonchev–Trinajstić information content (AvgIpc) is 3.48. The summed E-state index contributed by atoms with van der Waals surface area (Å²) in [5, 5.41) is 4.69. The van der Waals surface area contributed by atoms with Crippen LogP contribution in [0, 0.1) is 5.82 Å². The molecule has 3 aromatic heterocycles. The molecule has 7 nitrogen and oxygen atoms in total. The Kier molecular flexibility index (Phi) is 5.48. The molecule has 8 heteroatoms. The SMILES string of the molecule is CCC(=O)CCn1cc(-c2ncnc3oc(-c4ccccc4)nc23)c(-c2ccc(F)cc2)n1. The van der Waals surface area contributed by atoms with Crippen molar-refractivity contribution in [3.05, 3.63) is 72.9 Å². The van der Waals surface area contributed by atoms with Gasteiger partial charge >= 0.3 is 0 Å². The second-order valence-electron chi connectivity index (χ2n) is 7.56. The number of halogens is 1. The van der Waals surface area contributed by atoms with E-state index in [-0.39, 0.29) is 11.6 Å². The number of hydrogen-bond donors (Lipinski definition) is 0. The lowest BCUT2D eigenvalue weighted by molar-refractivity contribution is -0.119. The molecule has 0 fully saturated rings. The Morgan fingerprint density at radius 3 is 2.55 bits per heavy atom. The van der Waals surface area contributed by atoms with Gasteiger partial charge in [0.25, 0.3) is 5.71 Å². The van der Waals surface area contributed by atoms with E-state index in [1.54, 1.807) is 16.8 Å². The zero-order valence-corrected chi connectivity index (χ0v) is 17.9. The minimum Gasteiger partial charge on any atom is -0.418 e. The Hall–Kier alpha value is -4.20. The molecule has 0 radical (unpaired) electrons. The predicted molar refractivity (Wildman–Crippen MR) is 122 cm³/mol. The number of fused-ring (bicyclic) bond motifs is 1. The van der Waals surface area contributed by atoms with E-state index in [1.807, 2.05) is 43.5 Å². The highest BCUT2D eigenvalue weighted by molar-refractivity contribution is 5.92. The summed E-state index contributed by atoms with van der Waals surface area (Å²) in [5.74, 6) is 0.266. The molecule has 0 saturated carbocycles. The summed E-state index contributed by atoms with van der Waals surface area (Å²) in [4.78, 5) is 25.2. The molecule has 0 saturated heterocycles. The number of oxazole rings is 1. The van der Waals surface area contributed by atoms with E-state index in [4.69, 9.17) is 4.42 Å². The van der Waals surface area contributed by atoms with Crippen LogP contribution in [0.4, 0.5) is 4.39 Å². The van der Waals surface area contributed by atoms with Gasteiger partial charge in [0.1, 0.15) is 29.3 Å². The van der Waals surface area contributed by atoms with Crippen LogP contribution in [0.5, 0.6) is 0 Å². The molecule has 0 aliphatic heterocycles. The quantitative estimate of drug-likeness (QED) is 0.340. The highest BCUT2D eigenvalue weighted by Gasteiger charge is 2.21. The number of rotatable bonds is 7. The first-order chi connectivity index (χ1) is 16.1. The van der Waals surface area contributed by atoms with Crippen molar-refractivity contribution in [2.24, 2.45) is 0 Å². The fraction of sp³-hybridized carbons (Fsp3) is 0.160. The Balaban J connectivity index is 1.64. The Morgan fingerprint density at radius 2 is 1.79 bits per heavy atom. The summed E-state index contributed by atoms with van der Waals surface area (Å²) in [6, 6.07) is 15.7. The normalized spacial score (nSPS) is 11.2. The minimum absolute atomic E-state index is 0.156. The molecule has 0 N–H and O–H groups in total. The van der Waals surface area contributed by atoms with Gasteiger partial charge in [-0.15, -0.1) is 0 Å². The Labute approximate surface area is 188 Å². The molecule has 5 aromatic rings. The van der Waals surface area contributed by atoms with Gasteiger partial charge in [-0.2, -0.15) is 10.1 Å². The number of carbonyl (C=O) groups excluding carboxylic acids is 1. The molecule has 0 unspecified atom stereocenters. The van der Waals surface area contributed by atoms with E-state index in [0.717, 1.165) is 11.1 Å². The predicted octanol–water partition coefficient (Wildman–Crippen LogP) is 5.32. The second-order valence-corrected chi connectivity index (χ2v) is 7.56. The fourth-order valence-electron chi connectivity index (χ4n) is 3.60.